The van der Waals surface area contributed by atoms with Gasteiger partial charge in [0, 0.05) is 13.0 Å². The number of nitrogens with one attached hydrogen (secondary N) is 2. The molecular weight excluding hydrogens is 410 g/mol. The van der Waals surface area contributed by atoms with E-state index >= 15 is 0 Å². The lowest BCUT2D eigenvalue weighted by Gasteiger charge is -2.28. The fourth-order valence-corrected chi connectivity index (χ4v) is 3.28. The van der Waals surface area contributed by atoms with Crippen LogP contribution in [0.15, 0.2) is 0 Å². The molecule has 1 rings (SSSR count). The van der Waals surface area contributed by atoms with Crippen molar-refractivity contribution in [3.8, 4) is 0 Å². The van der Waals surface area contributed by atoms with Crippen molar-refractivity contribution in [2.24, 2.45) is 17.4 Å². The normalized spacial score (nSPS) is 19.7. The predicted octanol–water partition coefficient (Wildman–Crippen LogP) is -2.34. The molecule has 1 aliphatic heterocycles. The van der Waals surface area contributed by atoms with Crippen molar-refractivity contribution in [2.45, 2.75) is 70.1 Å². The zero-order chi connectivity index (χ0) is 23.7. The number of nitrogens with zero attached hydrogens (tertiary/aromatic N) is 1. The van der Waals surface area contributed by atoms with E-state index in [9.17, 15) is 34.2 Å². The van der Waals surface area contributed by atoms with Gasteiger partial charge in [-0.3, -0.25) is 19.2 Å². The van der Waals surface area contributed by atoms with Crippen LogP contribution in [0.25, 0.3) is 0 Å². The summed E-state index contributed by atoms with van der Waals surface area (Å²) in [6.45, 7) is 3.05. The molecule has 4 amide bonds. The molecule has 8 N–H and O–H groups in total. The second-order valence-electron chi connectivity index (χ2n) is 7.75. The maximum Gasteiger partial charge on any atom is 0.326 e. The lowest BCUT2D eigenvalue weighted by molar-refractivity contribution is -0.150. The number of carbonyl (C=O) groups excluding carboxylic acids is 4. The van der Waals surface area contributed by atoms with E-state index in [2.05, 4.69) is 10.6 Å². The van der Waals surface area contributed by atoms with E-state index in [0.717, 1.165) is 4.90 Å². The molecule has 1 fully saturated rings. The monoisotopic (exact) mass is 443 g/mol. The van der Waals surface area contributed by atoms with E-state index in [1.165, 1.54) is 0 Å². The van der Waals surface area contributed by atoms with E-state index in [1.807, 2.05) is 6.92 Å². The predicted molar refractivity (Wildman–Crippen MR) is 109 cm³/mol. The largest absolute Gasteiger partial charge is 0.480 e. The number of rotatable bonds is 12. The molecule has 0 bridgehead atoms. The van der Waals surface area contributed by atoms with Crippen LogP contribution in [0.2, 0.25) is 0 Å². The molecule has 1 saturated heterocycles. The summed E-state index contributed by atoms with van der Waals surface area (Å²) in [6.07, 6.45) is 1.06. The first-order chi connectivity index (χ1) is 14.5. The van der Waals surface area contributed by atoms with Gasteiger partial charge in [0.1, 0.15) is 18.1 Å². The molecule has 5 atom stereocenters. The van der Waals surface area contributed by atoms with Gasteiger partial charge in [0.15, 0.2) is 0 Å². The van der Waals surface area contributed by atoms with Crippen LogP contribution in [0.4, 0.5) is 0 Å². The second kappa shape index (κ2) is 12.2. The molecule has 0 aromatic carbocycles. The number of carbonyl (C=O) groups is 5. The number of hydrogen-bond donors (Lipinski definition) is 6. The molecule has 0 aromatic rings. The Labute approximate surface area is 180 Å². The Morgan fingerprint density at radius 2 is 1.74 bits per heavy atom. The van der Waals surface area contributed by atoms with Gasteiger partial charge in [-0.15, -0.1) is 0 Å². The third-order valence-corrected chi connectivity index (χ3v) is 5.49. The van der Waals surface area contributed by atoms with Gasteiger partial charge in [-0.2, -0.15) is 0 Å². The quantitative estimate of drug-likeness (QED) is 0.192. The summed E-state index contributed by atoms with van der Waals surface area (Å²) >= 11 is 0. The molecule has 0 radical (unpaired) electrons. The van der Waals surface area contributed by atoms with Crippen molar-refractivity contribution in [3.05, 3.63) is 0 Å². The third kappa shape index (κ3) is 7.47. The van der Waals surface area contributed by atoms with Gasteiger partial charge >= 0.3 is 5.97 Å². The van der Waals surface area contributed by atoms with Crippen molar-refractivity contribution in [1.82, 2.24) is 15.5 Å². The minimum Gasteiger partial charge on any atom is -0.480 e. The fraction of sp³-hybridized carbons (Fsp3) is 0.737. The average molecular weight is 444 g/mol. The molecular formula is C19H33N5O7. The van der Waals surface area contributed by atoms with E-state index in [-0.39, 0.29) is 31.7 Å². The van der Waals surface area contributed by atoms with Crippen LogP contribution in [0.1, 0.15) is 46.0 Å². The van der Waals surface area contributed by atoms with Gasteiger partial charge in [0.25, 0.3) is 0 Å². The highest BCUT2D eigenvalue weighted by atomic mass is 16.4. The Kier molecular flexibility index (Phi) is 10.4. The molecule has 0 aliphatic carbocycles. The number of hydrogen-bond acceptors (Lipinski definition) is 7. The van der Waals surface area contributed by atoms with Gasteiger partial charge in [-0.05, 0) is 25.2 Å². The topological polar surface area (TPSA) is 205 Å². The van der Waals surface area contributed by atoms with Crippen LogP contribution < -0.4 is 22.1 Å². The van der Waals surface area contributed by atoms with Crippen molar-refractivity contribution < 1.29 is 34.2 Å². The minimum atomic E-state index is -1.40. The highest BCUT2D eigenvalue weighted by molar-refractivity contribution is 5.94. The second-order valence-corrected chi connectivity index (χ2v) is 7.75. The van der Waals surface area contributed by atoms with E-state index in [1.54, 1.807) is 6.92 Å². The van der Waals surface area contributed by atoms with E-state index < -0.39 is 60.4 Å². The summed E-state index contributed by atoms with van der Waals surface area (Å²) in [5, 5.41) is 23.7. The highest BCUT2D eigenvalue weighted by Gasteiger charge is 2.38. The Balaban J connectivity index is 2.91. The molecule has 5 unspecified atom stereocenters. The lowest BCUT2D eigenvalue weighted by atomic mass is 9.98. The van der Waals surface area contributed by atoms with Crippen LogP contribution in [0.3, 0.4) is 0 Å². The van der Waals surface area contributed by atoms with Gasteiger partial charge < -0.3 is 37.2 Å². The van der Waals surface area contributed by atoms with Crippen LogP contribution in [-0.2, 0) is 24.0 Å². The van der Waals surface area contributed by atoms with Crippen molar-refractivity contribution in [2.75, 3.05) is 13.2 Å². The molecule has 1 aliphatic rings. The average Bonchev–Trinajstić information content (AvgIpc) is 3.22. The number of aliphatic carboxylic acids is 1. The Bertz CT molecular complexity index is 687. The number of likely N-dealkylation sites (tertiary alicyclic amines) is 1. The molecule has 31 heavy (non-hydrogen) atoms. The molecule has 12 heteroatoms. The SMILES string of the molecule is CCC(C)C(N)C(=O)NC(CCC(N)=O)C(=O)NC(CO)C(=O)N1CCCC1C(=O)O. The third-order valence-electron chi connectivity index (χ3n) is 5.49. The molecule has 12 nitrogen and oxygen atoms in total. The van der Waals surface area contributed by atoms with Crippen LogP contribution >= 0.6 is 0 Å². The van der Waals surface area contributed by atoms with Crippen LogP contribution in [0.5, 0.6) is 0 Å². The summed E-state index contributed by atoms with van der Waals surface area (Å²) in [7, 11) is 0. The number of amides is 4. The van der Waals surface area contributed by atoms with E-state index in [0.29, 0.717) is 12.8 Å². The van der Waals surface area contributed by atoms with Crippen molar-refractivity contribution in [1.29, 1.82) is 0 Å². The van der Waals surface area contributed by atoms with Crippen LogP contribution in [-0.4, -0.2) is 82.0 Å². The van der Waals surface area contributed by atoms with Crippen molar-refractivity contribution in [3.63, 3.8) is 0 Å². The number of aliphatic hydroxyl groups excluding tert-OH is 1. The standard InChI is InChI=1S/C19H33N5O7/c1-3-10(2)15(21)17(28)22-11(6-7-14(20)26)16(27)23-12(9-25)18(29)24-8-4-5-13(24)19(30)31/h10-13,15,25H,3-9,21H2,1-2H3,(H2,20,26)(H,22,28)(H,23,27)(H,30,31). The number of nitrogens with two attached hydrogens (primary N) is 2. The molecule has 1 heterocycles. The number of primary amides is 1. The number of aliphatic hydroxyl groups is 1. The first kappa shape index (κ1) is 26.3. The zero-order valence-corrected chi connectivity index (χ0v) is 17.9. The Hall–Kier alpha value is -2.73. The van der Waals surface area contributed by atoms with Crippen molar-refractivity contribution >= 4 is 29.6 Å². The molecule has 0 aromatic heterocycles. The van der Waals surface area contributed by atoms with Crippen LogP contribution in [0, 0.1) is 5.92 Å². The first-order valence-electron chi connectivity index (χ1n) is 10.3. The lowest BCUT2D eigenvalue weighted by Crippen LogP contribution is -2.58. The first-order valence-corrected chi connectivity index (χ1v) is 10.3. The summed E-state index contributed by atoms with van der Waals surface area (Å²) in [5.41, 5.74) is 11.0. The maximum atomic E-state index is 12.7. The highest BCUT2D eigenvalue weighted by Crippen LogP contribution is 2.18. The Morgan fingerprint density at radius 1 is 1.13 bits per heavy atom. The Morgan fingerprint density at radius 3 is 2.26 bits per heavy atom. The molecule has 0 saturated carbocycles. The zero-order valence-electron chi connectivity index (χ0n) is 17.9. The van der Waals surface area contributed by atoms with Gasteiger partial charge in [0.05, 0.1) is 12.6 Å². The smallest absolute Gasteiger partial charge is 0.326 e. The maximum absolute atomic E-state index is 12.7. The van der Waals surface area contributed by atoms with Gasteiger partial charge in [-0.1, -0.05) is 20.3 Å². The fourth-order valence-electron chi connectivity index (χ4n) is 3.28. The molecule has 0 spiro atoms. The summed E-state index contributed by atoms with van der Waals surface area (Å²) in [5.74, 6) is -4.17. The minimum absolute atomic E-state index is 0.131. The summed E-state index contributed by atoms with van der Waals surface area (Å²) < 4.78 is 0. The number of carboxylic acid groups (broad SMARTS) is 1. The molecule has 176 valence electrons. The number of carboxylic acids is 1. The van der Waals surface area contributed by atoms with E-state index in [4.69, 9.17) is 11.5 Å². The van der Waals surface area contributed by atoms with Gasteiger partial charge in [-0.25, -0.2) is 4.79 Å². The summed E-state index contributed by atoms with van der Waals surface area (Å²) in [4.78, 5) is 61.4. The summed E-state index contributed by atoms with van der Waals surface area (Å²) in [6, 6.07) is -4.53. The van der Waals surface area contributed by atoms with Gasteiger partial charge in [0.2, 0.25) is 23.6 Å².